The van der Waals surface area contributed by atoms with E-state index in [9.17, 15) is 9.59 Å². The molecule has 18 heavy (non-hydrogen) atoms. The number of likely N-dealkylation sites (N-methyl/N-ethyl adjacent to an activating group) is 1. The molecule has 1 aromatic rings. The SMILES string of the molecule is CN1CC(NC(=O)c2cccc(C#N)c2)CC1=O. The third-order valence-electron chi connectivity index (χ3n) is 2.93. The first-order valence-electron chi connectivity index (χ1n) is 5.65. The van der Waals surface area contributed by atoms with E-state index in [1.807, 2.05) is 6.07 Å². The zero-order valence-electron chi connectivity index (χ0n) is 10.0. The number of carbonyl (C=O) groups excluding carboxylic acids is 2. The van der Waals surface area contributed by atoms with Crippen LogP contribution >= 0.6 is 0 Å². The Balaban J connectivity index is 2.04. The number of likely N-dealkylation sites (tertiary alicyclic amines) is 1. The minimum atomic E-state index is -0.250. The Bertz CT molecular complexity index is 533. The van der Waals surface area contributed by atoms with E-state index >= 15 is 0 Å². The van der Waals surface area contributed by atoms with Crippen LogP contribution in [-0.4, -0.2) is 36.3 Å². The molecule has 1 aromatic carbocycles. The van der Waals surface area contributed by atoms with Crippen LogP contribution in [0.4, 0.5) is 0 Å². The Labute approximate surface area is 105 Å². The molecule has 92 valence electrons. The van der Waals surface area contributed by atoms with Crippen molar-refractivity contribution < 1.29 is 9.59 Å². The van der Waals surface area contributed by atoms with Crippen LogP contribution in [0.5, 0.6) is 0 Å². The second kappa shape index (κ2) is 4.88. The van der Waals surface area contributed by atoms with Crippen molar-refractivity contribution in [2.24, 2.45) is 0 Å². The van der Waals surface area contributed by atoms with Crippen LogP contribution in [0.15, 0.2) is 24.3 Å². The molecule has 1 heterocycles. The molecule has 0 bridgehead atoms. The molecule has 1 aliphatic heterocycles. The lowest BCUT2D eigenvalue weighted by Crippen LogP contribution is -2.36. The normalized spacial score (nSPS) is 18.6. The molecular formula is C13H13N3O2. The van der Waals surface area contributed by atoms with Crippen molar-refractivity contribution >= 4 is 11.8 Å². The molecular weight excluding hydrogens is 230 g/mol. The fourth-order valence-electron chi connectivity index (χ4n) is 1.96. The summed E-state index contributed by atoms with van der Waals surface area (Å²) in [6.45, 7) is 0.530. The fraction of sp³-hybridized carbons (Fsp3) is 0.308. The van der Waals surface area contributed by atoms with Gasteiger partial charge in [0.2, 0.25) is 5.91 Å². The van der Waals surface area contributed by atoms with Crippen LogP contribution in [0.25, 0.3) is 0 Å². The lowest BCUT2D eigenvalue weighted by atomic mass is 10.1. The number of amides is 2. The summed E-state index contributed by atoms with van der Waals surface area (Å²) in [6, 6.07) is 8.33. The number of nitriles is 1. The van der Waals surface area contributed by atoms with Gasteiger partial charge in [0.15, 0.2) is 0 Å². The molecule has 0 saturated carbocycles. The first kappa shape index (κ1) is 12.1. The van der Waals surface area contributed by atoms with Gasteiger partial charge in [0.05, 0.1) is 17.7 Å². The van der Waals surface area contributed by atoms with E-state index < -0.39 is 0 Å². The second-order valence-electron chi connectivity index (χ2n) is 4.34. The van der Waals surface area contributed by atoms with Crippen molar-refractivity contribution in [1.29, 1.82) is 5.26 Å². The third kappa shape index (κ3) is 2.48. The average Bonchev–Trinajstić information content (AvgIpc) is 2.68. The predicted molar refractivity (Wildman–Crippen MR) is 64.7 cm³/mol. The van der Waals surface area contributed by atoms with Gasteiger partial charge in [-0.25, -0.2) is 0 Å². The van der Waals surface area contributed by atoms with Crippen molar-refractivity contribution in [2.75, 3.05) is 13.6 Å². The van der Waals surface area contributed by atoms with Crippen LogP contribution in [0, 0.1) is 11.3 Å². The summed E-state index contributed by atoms with van der Waals surface area (Å²) >= 11 is 0. The standard InChI is InChI=1S/C13H13N3O2/c1-16-8-11(6-12(16)17)15-13(18)10-4-2-3-9(5-10)7-14/h2-5,11H,6,8H2,1H3,(H,15,18). The first-order valence-corrected chi connectivity index (χ1v) is 5.65. The van der Waals surface area contributed by atoms with Gasteiger partial charge < -0.3 is 10.2 Å². The number of benzene rings is 1. The Morgan fingerprint density at radius 1 is 1.56 bits per heavy atom. The minimum Gasteiger partial charge on any atom is -0.347 e. The number of rotatable bonds is 2. The van der Waals surface area contributed by atoms with Crippen molar-refractivity contribution in [1.82, 2.24) is 10.2 Å². The van der Waals surface area contributed by atoms with Gasteiger partial charge >= 0.3 is 0 Å². The number of hydrogen-bond donors (Lipinski definition) is 1. The van der Waals surface area contributed by atoms with E-state index in [-0.39, 0.29) is 17.9 Å². The molecule has 5 nitrogen and oxygen atoms in total. The van der Waals surface area contributed by atoms with Gasteiger partial charge in [-0.2, -0.15) is 5.26 Å². The monoisotopic (exact) mass is 243 g/mol. The lowest BCUT2D eigenvalue weighted by Gasteiger charge is -2.12. The quantitative estimate of drug-likeness (QED) is 0.823. The summed E-state index contributed by atoms with van der Waals surface area (Å²) in [5, 5.41) is 11.6. The molecule has 1 aliphatic rings. The van der Waals surface area contributed by atoms with Crippen LogP contribution in [0.1, 0.15) is 22.3 Å². The van der Waals surface area contributed by atoms with E-state index in [1.54, 1.807) is 30.1 Å². The van der Waals surface area contributed by atoms with E-state index in [2.05, 4.69) is 5.32 Å². The maximum Gasteiger partial charge on any atom is 0.251 e. The zero-order valence-corrected chi connectivity index (χ0v) is 10.0. The first-order chi connectivity index (χ1) is 8.60. The highest BCUT2D eigenvalue weighted by Gasteiger charge is 2.27. The Morgan fingerprint density at radius 3 is 2.94 bits per heavy atom. The topological polar surface area (TPSA) is 73.2 Å². The summed E-state index contributed by atoms with van der Waals surface area (Å²) < 4.78 is 0. The summed E-state index contributed by atoms with van der Waals surface area (Å²) in [6.07, 6.45) is 0.334. The summed E-state index contributed by atoms with van der Waals surface area (Å²) in [7, 11) is 1.71. The van der Waals surface area contributed by atoms with Crippen LogP contribution in [0.2, 0.25) is 0 Å². The predicted octanol–water partition coefficient (Wildman–Crippen LogP) is 0.519. The molecule has 0 aromatic heterocycles. The van der Waals surface area contributed by atoms with E-state index in [0.29, 0.717) is 24.1 Å². The number of nitrogens with zero attached hydrogens (tertiary/aromatic N) is 2. The van der Waals surface area contributed by atoms with Crippen molar-refractivity contribution in [2.45, 2.75) is 12.5 Å². The van der Waals surface area contributed by atoms with Gasteiger partial charge in [0, 0.05) is 25.6 Å². The molecule has 0 radical (unpaired) electrons. The lowest BCUT2D eigenvalue weighted by molar-refractivity contribution is -0.126. The Kier molecular flexibility index (Phi) is 3.28. The average molecular weight is 243 g/mol. The van der Waals surface area contributed by atoms with Crippen LogP contribution in [0.3, 0.4) is 0 Å². The molecule has 1 N–H and O–H groups in total. The fourth-order valence-corrected chi connectivity index (χ4v) is 1.96. The maximum absolute atomic E-state index is 11.9. The highest BCUT2D eigenvalue weighted by molar-refractivity contribution is 5.95. The van der Waals surface area contributed by atoms with E-state index in [4.69, 9.17) is 5.26 Å². The van der Waals surface area contributed by atoms with Crippen LogP contribution < -0.4 is 5.32 Å². The number of carbonyl (C=O) groups is 2. The molecule has 1 fully saturated rings. The molecule has 2 amide bonds. The maximum atomic E-state index is 11.9. The minimum absolute atomic E-state index is 0.0334. The molecule has 0 aliphatic carbocycles. The molecule has 1 unspecified atom stereocenters. The highest BCUT2D eigenvalue weighted by atomic mass is 16.2. The third-order valence-corrected chi connectivity index (χ3v) is 2.93. The van der Waals surface area contributed by atoms with Crippen molar-refractivity contribution in [3.63, 3.8) is 0 Å². The van der Waals surface area contributed by atoms with Gasteiger partial charge in [-0.3, -0.25) is 9.59 Å². The second-order valence-corrected chi connectivity index (χ2v) is 4.34. The molecule has 1 saturated heterocycles. The van der Waals surface area contributed by atoms with Gasteiger partial charge in [-0.1, -0.05) is 6.07 Å². The van der Waals surface area contributed by atoms with E-state index in [1.165, 1.54) is 6.07 Å². The number of hydrogen-bond acceptors (Lipinski definition) is 3. The summed E-state index contributed by atoms with van der Waals surface area (Å²) in [5.74, 6) is -0.216. The van der Waals surface area contributed by atoms with Crippen molar-refractivity contribution in [3.8, 4) is 6.07 Å². The van der Waals surface area contributed by atoms with Gasteiger partial charge in [-0.05, 0) is 18.2 Å². The van der Waals surface area contributed by atoms with E-state index in [0.717, 1.165) is 0 Å². The highest BCUT2D eigenvalue weighted by Crippen LogP contribution is 2.10. The summed E-state index contributed by atoms with van der Waals surface area (Å²) in [5.41, 5.74) is 0.887. The molecule has 2 rings (SSSR count). The van der Waals surface area contributed by atoms with Crippen LogP contribution in [-0.2, 0) is 4.79 Å². The van der Waals surface area contributed by atoms with Gasteiger partial charge in [0.25, 0.3) is 5.91 Å². The Morgan fingerprint density at radius 2 is 2.33 bits per heavy atom. The summed E-state index contributed by atoms with van der Waals surface area (Å²) in [4.78, 5) is 24.9. The molecule has 5 heteroatoms. The molecule has 1 atom stereocenters. The Hall–Kier alpha value is -2.35. The largest absolute Gasteiger partial charge is 0.347 e. The molecule has 0 spiro atoms. The number of nitrogens with one attached hydrogen (secondary N) is 1. The van der Waals surface area contributed by atoms with Gasteiger partial charge in [-0.15, -0.1) is 0 Å². The van der Waals surface area contributed by atoms with Crippen molar-refractivity contribution in [3.05, 3.63) is 35.4 Å². The zero-order chi connectivity index (χ0) is 13.1. The smallest absolute Gasteiger partial charge is 0.251 e. The van der Waals surface area contributed by atoms with Gasteiger partial charge in [0.1, 0.15) is 0 Å².